The van der Waals surface area contributed by atoms with E-state index in [9.17, 15) is 4.21 Å². The van der Waals surface area contributed by atoms with Crippen molar-refractivity contribution in [1.29, 1.82) is 0 Å². The van der Waals surface area contributed by atoms with E-state index in [4.69, 9.17) is 10.5 Å². The molecule has 4 heteroatoms. The highest BCUT2D eigenvalue weighted by Gasteiger charge is 2.24. The summed E-state index contributed by atoms with van der Waals surface area (Å²) in [6, 6.07) is 7.82. The first kappa shape index (κ1) is 12.6. The van der Waals surface area contributed by atoms with Crippen LogP contribution in [-0.2, 0) is 10.8 Å². The van der Waals surface area contributed by atoms with Gasteiger partial charge >= 0.3 is 0 Å². The van der Waals surface area contributed by atoms with E-state index in [1.165, 1.54) is 0 Å². The van der Waals surface area contributed by atoms with Crippen molar-refractivity contribution in [2.24, 2.45) is 5.73 Å². The number of hydrogen-bond donors (Lipinski definition) is 1. The second kappa shape index (κ2) is 5.65. The van der Waals surface area contributed by atoms with Gasteiger partial charge in [-0.2, -0.15) is 0 Å². The minimum absolute atomic E-state index is 0.267. The van der Waals surface area contributed by atoms with Gasteiger partial charge in [0.1, 0.15) is 5.75 Å². The van der Waals surface area contributed by atoms with Gasteiger partial charge in [-0.15, -0.1) is 0 Å². The molecule has 0 radical (unpaired) electrons. The first-order valence-corrected chi connectivity index (χ1v) is 7.22. The van der Waals surface area contributed by atoms with E-state index in [2.05, 4.69) is 0 Å². The van der Waals surface area contributed by atoms with Gasteiger partial charge in [0.05, 0.1) is 17.9 Å². The second-order valence-electron chi connectivity index (χ2n) is 4.51. The highest BCUT2D eigenvalue weighted by molar-refractivity contribution is 7.85. The van der Waals surface area contributed by atoms with Crippen molar-refractivity contribution >= 4 is 10.8 Å². The molecule has 0 amide bonds. The number of methoxy groups -OCH3 is 1. The van der Waals surface area contributed by atoms with Crippen LogP contribution in [-0.4, -0.2) is 22.6 Å². The molecule has 1 fully saturated rings. The van der Waals surface area contributed by atoms with Crippen molar-refractivity contribution in [3.8, 4) is 5.75 Å². The van der Waals surface area contributed by atoms with Crippen LogP contribution in [0.4, 0.5) is 0 Å². The van der Waals surface area contributed by atoms with E-state index in [1.807, 2.05) is 24.3 Å². The number of hydrogen-bond acceptors (Lipinski definition) is 3. The number of ether oxygens (including phenoxy) is 1. The number of rotatable bonds is 3. The lowest BCUT2D eigenvalue weighted by atomic mass is 9.96. The quantitative estimate of drug-likeness (QED) is 0.897. The SMILES string of the molecule is COc1ccc(S(=O)C2CCC(N)CC2)cc1. The lowest BCUT2D eigenvalue weighted by Crippen LogP contribution is -2.31. The van der Waals surface area contributed by atoms with Gasteiger partial charge in [0.15, 0.2) is 0 Å². The topological polar surface area (TPSA) is 52.3 Å². The van der Waals surface area contributed by atoms with Gasteiger partial charge in [-0.3, -0.25) is 4.21 Å². The van der Waals surface area contributed by atoms with Crippen molar-refractivity contribution in [2.45, 2.75) is 41.9 Å². The van der Waals surface area contributed by atoms with Crippen LogP contribution in [0.3, 0.4) is 0 Å². The maximum absolute atomic E-state index is 12.3. The Morgan fingerprint density at radius 3 is 2.29 bits per heavy atom. The minimum atomic E-state index is -0.906. The summed E-state index contributed by atoms with van der Waals surface area (Å²) >= 11 is 0. The largest absolute Gasteiger partial charge is 0.497 e. The Hall–Kier alpha value is -0.870. The molecule has 1 aliphatic rings. The number of nitrogens with two attached hydrogens (primary N) is 1. The van der Waals surface area contributed by atoms with Crippen LogP contribution in [0.1, 0.15) is 25.7 Å². The molecule has 1 aromatic carbocycles. The standard InChI is InChI=1S/C13H19NO2S/c1-16-11-4-8-13(9-5-11)17(15)12-6-2-10(14)3-7-12/h4-5,8-10,12H,2-3,6-7,14H2,1H3. The van der Waals surface area contributed by atoms with Crippen molar-refractivity contribution in [3.63, 3.8) is 0 Å². The van der Waals surface area contributed by atoms with Crippen LogP contribution in [0.15, 0.2) is 29.2 Å². The lowest BCUT2D eigenvalue weighted by molar-refractivity contribution is 0.414. The van der Waals surface area contributed by atoms with Gasteiger partial charge < -0.3 is 10.5 Å². The zero-order chi connectivity index (χ0) is 12.3. The van der Waals surface area contributed by atoms with E-state index in [0.717, 1.165) is 36.3 Å². The molecular formula is C13H19NO2S. The van der Waals surface area contributed by atoms with Crippen molar-refractivity contribution < 1.29 is 8.95 Å². The van der Waals surface area contributed by atoms with Crippen LogP contribution in [0.5, 0.6) is 5.75 Å². The lowest BCUT2D eigenvalue weighted by Gasteiger charge is -2.25. The van der Waals surface area contributed by atoms with Gasteiger partial charge in [0.2, 0.25) is 0 Å². The average molecular weight is 253 g/mol. The third kappa shape index (κ3) is 3.07. The molecule has 0 bridgehead atoms. The summed E-state index contributed by atoms with van der Waals surface area (Å²) in [5.74, 6) is 0.802. The summed E-state index contributed by atoms with van der Waals surface area (Å²) in [6.07, 6.45) is 3.93. The number of benzene rings is 1. The molecule has 1 aliphatic carbocycles. The zero-order valence-corrected chi connectivity index (χ0v) is 10.9. The van der Waals surface area contributed by atoms with Crippen molar-refractivity contribution in [3.05, 3.63) is 24.3 Å². The summed E-state index contributed by atoms with van der Waals surface area (Å²) in [7, 11) is 0.727. The Morgan fingerprint density at radius 1 is 1.18 bits per heavy atom. The first-order chi connectivity index (χ1) is 8.20. The van der Waals surface area contributed by atoms with Gasteiger partial charge in [0, 0.05) is 16.2 Å². The second-order valence-corrected chi connectivity index (χ2v) is 6.24. The molecule has 0 spiro atoms. The Morgan fingerprint density at radius 2 is 1.76 bits per heavy atom. The van der Waals surface area contributed by atoms with Crippen molar-refractivity contribution in [2.75, 3.05) is 7.11 Å². The maximum Gasteiger partial charge on any atom is 0.118 e. The van der Waals surface area contributed by atoms with Gasteiger partial charge in [0.25, 0.3) is 0 Å². The highest BCUT2D eigenvalue weighted by atomic mass is 32.2. The summed E-state index contributed by atoms with van der Waals surface area (Å²) in [5, 5.41) is 0.267. The first-order valence-electron chi connectivity index (χ1n) is 6.01. The zero-order valence-electron chi connectivity index (χ0n) is 10.1. The molecule has 17 heavy (non-hydrogen) atoms. The molecule has 1 unspecified atom stereocenters. The Kier molecular flexibility index (Phi) is 4.18. The normalized spacial score (nSPS) is 26.5. The Bertz CT molecular complexity index is 383. The van der Waals surface area contributed by atoms with E-state index >= 15 is 0 Å². The minimum Gasteiger partial charge on any atom is -0.497 e. The molecule has 0 heterocycles. The summed E-state index contributed by atoms with van der Waals surface area (Å²) < 4.78 is 17.4. The highest BCUT2D eigenvalue weighted by Crippen LogP contribution is 2.26. The van der Waals surface area contributed by atoms with Crippen LogP contribution >= 0.6 is 0 Å². The van der Waals surface area contributed by atoms with Crippen LogP contribution in [0.2, 0.25) is 0 Å². The summed E-state index contributed by atoms with van der Waals surface area (Å²) in [6.45, 7) is 0. The van der Waals surface area contributed by atoms with E-state index in [1.54, 1.807) is 7.11 Å². The van der Waals surface area contributed by atoms with Crippen LogP contribution in [0, 0.1) is 0 Å². The summed E-state index contributed by atoms with van der Waals surface area (Å²) in [5.41, 5.74) is 5.86. The molecule has 0 aromatic heterocycles. The third-order valence-electron chi connectivity index (χ3n) is 3.31. The molecule has 2 rings (SSSR count). The fourth-order valence-electron chi connectivity index (χ4n) is 2.20. The predicted molar refractivity (Wildman–Crippen MR) is 69.6 cm³/mol. The molecule has 0 aliphatic heterocycles. The predicted octanol–water partition coefficient (Wildman–Crippen LogP) is 2.07. The molecule has 1 saturated carbocycles. The van der Waals surface area contributed by atoms with Gasteiger partial charge in [-0.25, -0.2) is 0 Å². The van der Waals surface area contributed by atoms with E-state index in [-0.39, 0.29) is 5.25 Å². The summed E-state index contributed by atoms with van der Waals surface area (Å²) in [4.78, 5) is 0.895. The Balaban J connectivity index is 2.03. The molecule has 94 valence electrons. The monoisotopic (exact) mass is 253 g/mol. The smallest absolute Gasteiger partial charge is 0.118 e. The third-order valence-corrected chi connectivity index (χ3v) is 5.13. The maximum atomic E-state index is 12.3. The molecule has 2 N–H and O–H groups in total. The van der Waals surface area contributed by atoms with Gasteiger partial charge in [-0.05, 0) is 49.9 Å². The molecule has 1 atom stereocenters. The van der Waals surface area contributed by atoms with Crippen LogP contribution in [0.25, 0.3) is 0 Å². The fraction of sp³-hybridized carbons (Fsp3) is 0.538. The molecular weight excluding hydrogens is 234 g/mol. The molecule has 1 aromatic rings. The molecule has 3 nitrogen and oxygen atoms in total. The average Bonchev–Trinajstić information content (AvgIpc) is 2.39. The molecule has 0 saturated heterocycles. The van der Waals surface area contributed by atoms with Crippen LogP contribution < -0.4 is 10.5 Å². The fourth-order valence-corrected chi connectivity index (χ4v) is 3.69. The Labute approximate surface area is 105 Å². The van der Waals surface area contributed by atoms with Gasteiger partial charge in [-0.1, -0.05) is 0 Å². The van der Waals surface area contributed by atoms with E-state index in [0.29, 0.717) is 6.04 Å². The van der Waals surface area contributed by atoms with Crippen molar-refractivity contribution in [1.82, 2.24) is 0 Å². The van der Waals surface area contributed by atoms with E-state index < -0.39 is 10.8 Å².